The van der Waals surface area contributed by atoms with Gasteiger partial charge in [0.25, 0.3) is 5.91 Å². The molecule has 1 fully saturated rings. The summed E-state index contributed by atoms with van der Waals surface area (Å²) in [4.78, 5) is 31.4. The highest BCUT2D eigenvalue weighted by Crippen LogP contribution is 2.32. The zero-order valence-corrected chi connectivity index (χ0v) is 18.1. The molecule has 3 aromatic rings. The van der Waals surface area contributed by atoms with Gasteiger partial charge in [-0.25, -0.2) is 13.9 Å². The average molecular weight is 444 g/mol. The molecule has 7 nitrogen and oxygen atoms in total. The van der Waals surface area contributed by atoms with Crippen LogP contribution in [0.4, 0.5) is 10.1 Å². The third kappa shape index (κ3) is 4.25. The molecule has 2 aromatic heterocycles. The van der Waals surface area contributed by atoms with E-state index in [2.05, 4.69) is 15.4 Å². The molecule has 1 aliphatic rings. The molecule has 0 radical (unpaired) electrons. The summed E-state index contributed by atoms with van der Waals surface area (Å²) in [5.41, 5.74) is 1.88. The maximum absolute atomic E-state index is 13.7. The standard InChI is InChI=1S/C22H23ClFN5O2/c1-13-10-19(17(23)11-18(13)24)28(2)22(31)14-4-6-15(7-5-14)27-21(30)16-12-26-29-9-3-8-25-20(16)29/h3,8-12,14-15H,4-7H2,1-2H3,(H,27,30)/t14-,15-. The van der Waals surface area contributed by atoms with Crippen LogP contribution in [-0.2, 0) is 4.79 Å². The predicted octanol–water partition coefficient (Wildman–Crippen LogP) is 3.78. The number of fused-ring (bicyclic) bond motifs is 1. The van der Waals surface area contributed by atoms with Crippen LogP contribution in [0.25, 0.3) is 5.65 Å². The van der Waals surface area contributed by atoms with E-state index < -0.39 is 5.82 Å². The van der Waals surface area contributed by atoms with E-state index in [9.17, 15) is 14.0 Å². The smallest absolute Gasteiger partial charge is 0.256 e. The minimum atomic E-state index is -0.396. The van der Waals surface area contributed by atoms with Gasteiger partial charge < -0.3 is 10.2 Å². The van der Waals surface area contributed by atoms with E-state index in [-0.39, 0.29) is 28.8 Å². The number of carbonyl (C=O) groups is 2. The van der Waals surface area contributed by atoms with Crippen molar-refractivity contribution in [2.45, 2.75) is 38.6 Å². The van der Waals surface area contributed by atoms with Crippen LogP contribution >= 0.6 is 11.6 Å². The van der Waals surface area contributed by atoms with E-state index in [0.717, 1.165) is 0 Å². The largest absolute Gasteiger partial charge is 0.349 e. The van der Waals surface area contributed by atoms with Gasteiger partial charge in [0.05, 0.1) is 16.9 Å². The molecule has 1 aromatic carbocycles. The number of hydrogen-bond donors (Lipinski definition) is 1. The zero-order chi connectivity index (χ0) is 22.1. The molecule has 9 heteroatoms. The fourth-order valence-corrected chi connectivity index (χ4v) is 4.30. The van der Waals surface area contributed by atoms with Gasteiger partial charge >= 0.3 is 0 Å². The number of nitrogens with zero attached hydrogens (tertiary/aromatic N) is 4. The fourth-order valence-electron chi connectivity index (χ4n) is 4.03. The number of aryl methyl sites for hydroxylation is 1. The Kier molecular flexibility index (Phi) is 5.91. The Hall–Kier alpha value is -3.00. The summed E-state index contributed by atoms with van der Waals surface area (Å²) < 4.78 is 15.2. The first kappa shape index (κ1) is 21.2. The lowest BCUT2D eigenvalue weighted by Gasteiger charge is -2.31. The van der Waals surface area contributed by atoms with Gasteiger partial charge in [-0.15, -0.1) is 0 Å². The zero-order valence-electron chi connectivity index (χ0n) is 17.3. The van der Waals surface area contributed by atoms with Crippen molar-refractivity contribution in [3.63, 3.8) is 0 Å². The molecule has 162 valence electrons. The highest BCUT2D eigenvalue weighted by Gasteiger charge is 2.30. The highest BCUT2D eigenvalue weighted by atomic mass is 35.5. The normalized spacial score (nSPS) is 18.7. The lowest BCUT2D eigenvalue weighted by molar-refractivity contribution is -0.123. The number of benzene rings is 1. The van der Waals surface area contributed by atoms with Gasteiger partial charge in [0.1, 0.15) is 11.4 Å². The molecule has 0 spiro atoms. The first-order chi connectivity index (χ1) is 14.8. The number of aromatic nitrogens is 3. The summed E-state index contributed by atoms with van der Waals surface area (Å²) >= 11 is 6.16. The quantitative estimate of drug-likeness (QED) is 0.665. The van der Waals surface area contributed by atoms with Crippen LogP contribution in [0, 0.1) is 18.7 Å². The molecule has 0 bridgehead atoms. The third-order valence-electron chi connectivity index (χ3n) is 5.86. The Bertz CT molecular complexity index is 1140. The van der Waals surface area contributed by atoms with Crippen LogP contribution in [0.1, 0.15) is 41.6 Å². The third-order valence-corrected chi connectivity index (χ3v) is 6.16. The second-order valence-electron chi connectivity index (χ2n) is 7.92. The van der Waals surface area contributed by atoms with E-state index in [1.807, 2.05) is 0 Å². The summed E-state index contributed by atoms with van der Waals surface area (Å²) in [6, 6.07) is 4.55. The molecule has 0 aliphatic heterocycles. The summed E-state index contributed by atoms with van der Waals surface area (Å²) in [7, 11) is 1.66. The number of carbonyl (C=O) groups excluding carboxylic acids is 2. The second-order valence-corrected chi connectivity index (χ2v) is 8.33. The Labute approximate surface area is 184 Å². The second kappa shape index (κ2) is 8.63. The monoisotopic (exact) mass is 443 g/mol. The van der Waals surface area contributed by atoms with Crippen molar-refractivity contribution >= 4 is 34.7 Å². The molecule has 2 heterocycles. The number of nitrogens with one attached hydrogen (secondary N) is 1. The number of amides is 2. The number of anilines is 1. The van der Waals surface area contributed by atoms with Crippen molar-refractivity contribution in [3.8, 4) is 0 Å². The highest BCUT2D eigenvalue weighted by molar-refractivity contribution is 6.33. The van der Waals surface area contributed by atoms with E-state index in [1.54, 1.807) is 43.0 Å². The van der Waals surface area contributed by atoms with E-state index in [4.69, 9.17) is 11.6 Å². The first-order valence-electron chi connectivity index (χ1n) is 10.2. The van der Waals surface area contributed by atoms with Crippen LogP contribution < -0.4 is 10.2 Å². The number of hydrogen-bond acceptors (Lipinski definition) is 4. The Balaban J connectivity index is 1.36. The number of halogens is 2. The Morgan fingerprint density at radius 2 is 2.00 bits per heavy atom. The lowest BCUT2D eigenvalue weighted by Crippen LogP contribution is -2.41. The van der Waals surface area contributed by atoms with Crippen molar-refractivity contribution in [3.05, 3.63) is 58.8 Å². The van der Waals surface area contributed by atoms with E-state index in [0.29, 0.717) is 48.1 Å². The minimum absolute atomic E-state index is 0.0165. The maximum Gasteiger partial charge on any atom is 0.256 e. The fraction of sp³-hybridized carbons (Fsp3) is 0.364. The molecule has 0 saturated heterocycles. The van der Waals surface area contributed by atoms with Gasteiger partial charge in [-0.2, -0.15) is 5.10 Å². The minimum Gasteiger partial charge on any atom is -0.349 e. The van der Waals surface area contributed by atoms with Gasteiger partial charge in [0, 0.05) is 31.4 Å². The Morgan fingerprint density at radius 3 is 2.74 bits per heavy atom. The van der Waals surface area contributed by atoms with Gasteiger partial charge in [0.2, 0.25) is 5.91 Å². The Morgan fingerprint density at radius 1 is 1.26 bits per heavy atom. The van der Waals surface area contributed by atoms with Crippen molar-refractivity contribution < 1.29 is 14.0 Å². The SMILES string of the molecule is Cc1cc(N(C)C(=O)[C@H]2CC[C@H](NC(=O)c3cnn4cccnc34)CC2)c(Cl)cc1F. The molecular formula is C22H23ClFN5O2. The first-order valence-corrected chi connectivity index (χ1v) is 10.6. The molecule has 31 heavy (non-hydrogen) atoms. The van der Waals surface area contributed by atoms with Gasteiger partial charge in [-0.05, 0) is 56.4 Å². The summed E-state index contributed by atoms with van der Waals surface area (Å²) in [6.07, 6.45) is 7.56. The summed E-state index contributed by atoms with van der Waals surface area (Å²) in [5.74, 6) is -0.829. The topological polar surface area (TPSA) is 79.6 Å². The van der Waals surface area contributed by atoms with E-state index in [1.165, 1.54) is 17.2 Å². The molecule has 0 unspecified atom stereocenters. The summed E-state index contributed by atoms with van der Waals surface area (Å²) in [6.45, 7) is 1.64. The van der Waals surface area contributed by atoms with Crippen LogP contribution in [0.2, 0.25) is 5.02 Å². The van der Waals surface area contributed by atoms with Gasteiger partial charge in [0.15, 0.2) is 5.65 Å². The summed E-state index contributed by atoms with van der Waals surface area (Å²) in [5, 5.41) is 7.39. The molecule has 1 aliphatic carbocycles. The van der Waals surface area contributed by atoms with Crippen LogP contribution in [0.15, 0.2) is 36.8 Å². The van der Waals surface area contributed by atoms with Crippen LogP contribution in [-0.4, -0.2) is 39.5 Å². The molecule has 1 saturated carbocycles. The number of rotatable bonds is 4. The predicted molar refractivity (Wildman–Crippen MR) is 116 cm³/mol. The van der Waals surface area contributed by atoms with Crippen molar-refractivity contribution in [2.75, 3.05) is 11.9 Å². The van der Waals surface area contributed by atoms with E-state index >= 15 is 0 Å². The van der Waals surface area contributed by atoms with Crippen molar-refractivity contribution in [1.29, 1.82) is 0 Å². The molecule has 0 atom stereocenters. The van der Waals surface area contributed by atoms with Crippen molar-refractivity contribution in [2.24, 2.45) is 5.92 Å². The van der Waals surface area contributed by atoms with Crippen molar-refractivity contribution in [1.82, 2.24) is 19.9 Å². The lowest BCUT2D eigenvalue weighted by atomic mass is 9.85. The molecule has 4 rings (SSSR count). The van der Waals surface area contributed by atoms with Gasteiger partial charge in [-0.3, -0.25) is 9.59 Å². The maximum atomic E-state index is 13.7. The molecule has 1 N–H and O–H groups in total. The van der Waals surface area contributed by atoms with Crippen LogP contribution in [0.5, 0.6) is 0 Å². The van der Waals surface area contributed by atoms with Crippen LogP contribution in [0.3, 0.4) is 0 Å². The molecular weight excluding hydrogens is 421 g/mol. The average Bonchev–Trinajstić information content (AvgIpc) is 3.20. The van der Waals surface area contributed by atoms with Gasteiger partial charge in [-0.1, -0.05) is 11.6 Å². The molecule has 2 amide bonds.